The highest BCUT2D eigenvalue weighted by molar-refractivity contribution is 5.77. The predicted octanol–water partition coefficient (Wildman–Crippen LogP) is 0.834. The van der Waals surface area contributed by atoms with Gasteiger partial charge in [-0.05, 0) is 38.1 Å². The van der Waals surface area contributed by atoms with E-state index in [1.165, 1.54) is 5.69 Å². The van der Waals surface area contributed by atoms with E-state index in [0.29, 0.717) is 12.5 Å². The third-order valence-electron chi connectivity index (χ3n) is 5.52. The van der Waals surface area contributed by atoms with Crippen molar-refractivity contribution in [2.45, 2.75) is 18.8 Å². The Bertz CT molecular complexity index is 791. The third-order valence-corrected chi connectivity index (χ3v) is 5.52. The van der Waals surface area contributed by atoms with Crippen LogP contribution in [0.2, 0.25) is 0 Å². The minimum atomic E-state index is 0.162. The van der Waals surface area contributed by atoms with Crippen molar-refractivity contribution in [1.82, 2.24) is 24.4 Å². The Morgan fingerprint density at radius 3 is 2.63 bits per heavy atom. The van der Waals surface area contributed by atoms with Gasteiger partial charge in [0.2, 0.25) is 5.91 Å². The number of likely N-dealkylation sites (tertiary alicyclic amines) is 1. The van der Waals surface area contributed by atoms with Gasteiger partial charge in [0.25, 0.3) is 0 Å². The van der Waals surface area contributed by atoms with E-state index >= 15 is 0 Å². The van der Waals surface area contributed by atoms with Gasteiger partial charge in [-0.3, -0.25) is 9.69 Å². The van der Waals surface area contributed by atoms with Crippen molar-refractivity contribution in [1.29, 1.82) is 0 Å². The van der Waals surface area contributed by atoms with Crippen molar-refractivity contribution >= 4 is 17.2 Å². The molecular weight excluding hydrogens is 344 g/mol. The number of likely N-dealkylation sites (N-methyl/N-ethyl adjacent to an activating group) is 1. The molecule has 27 heavy (non-hydrogen) atoms. The Labute approximate surface area is 159 Å². The third kappa shape index (κ3) is 4.06. The first-order valence-electron chi connectivity index (χ1n) is 9.71. The second kappa shape index (κ2) is 7.82. The highest BCUT2D eigenvalue weighted by atomic mass is 16.5. The fourth-order valence-corrected chi connectivity index (χ4v) is 3.75. The molecule has 0 atom stereocenters. The number of aromatic nitrogens is 3. The van der Waals surface area contributed by atoms with E-state index < -0.39 is 0 Å². The first-order chi connectivity index (χ1) is 13.1. The second-order valence-electron chi connectivity index (χ2n) is 7.60. The summed E-state index contributed by atoms with van der Waals surface area (Å²) in [6, 6.07) is 4.17. The molecule has 0 saturated carbocycles. The summed E-state index contributed by atoms with van der Waals surface area (Å²) in [6.45, 7) is 5.71. The summed E-state index contributed by atoms with van der Waals surface area (Å²) < 4.78 is 7.34. The molecular formula is C19H28N6O2. The Morgan fingerprint density at radius 1 is 1.19 bits per heavy atom. The highest BCUT2D eigenvalue weighted by Gasteiger charge is 2.25. The van der Waals surface area contributed by atoms with Gasteiger partial charge in [0.1, 0.15) is 0 Å². The molecule has 2 aliphatic heterocycles. The summed E-state index contributed by atoms with van der Waals surface area (Å²) in [4.78, 5) is 22.8. The van der Waals surface area contributed by atoms with Gasteiger partial charge in [0.15, 0.2) is 11.5 Å². The van der Waals surface area contributed by atoms with Gasteiger partial charge in [-0.1, -0.05) is 0 Å². The predicted molar refractivity (Wildman–Crippen MR) is 103 cm³/mol. The molecule has 0 radical (unpaired) electrons. The Morgan fingerprint density at radius 2 is 1.93 bits per heavy atom. The Hall–Kier alpha value is -2.19. The summed E-state index contributed by atoms with van der Waals surface area (Å²) in [5, 5.41) is 4.76. The molecule has 0 aromatic carbocycles. The quantitative estimate of drug-likeness (QED) is 0.792. The lowest BCUT2D eigenvalue weighted by Crippen LogP contribution is -2.40. The van der Waals surface area contributed by atoms with Crippen LogP contribution in [-0.4, -0.2) is 90.3 Å². The number of carbonyl (C=O) groups excluding carboxylic acids is 1. The van der Waals surface area contributed by atoms with Crippen molar-refractivity contribution in [3.05, 3.63) is 24.2 Å². The molecule has 2 aromatic rings. The zero-order chi connectivity index (χ0) is 18.8. The monoisotopic (exact) mass is 372 g/mol. The number of piperidine rings is 1. The van der Waals surface area contributed by atoms with Crippen molar-refractivity contribution in [2.75, 3.05) is 64.9 Å². The number of nitrogens with zero attached hydrogens (tertiary/aromatic N) is 6. The van der Waals surface area contributed by atoms with Gasteiger partial charge in [-0.2, -0.15) is 5.10 Å². The fourth-order valence-electron chi connectivity index (χ4n) is 3.75. The summed E-state index contributed by atoms with van der Waals surface area (Å²) in [7, 11) is 3.61. The van der Waals surface area contributed by atoms with Crippen LogP contribution in [0.4, 0.5) is 5.69 Å². The average Bonchev–Trinajstić information content (AvgIpc) is 3.12. The van der Waals surface area contributed by atoms with Crippen LogP contribution < -0.4 is 4.90 Å². The summed E-state index contributed by atoms with van der Waals surface area (Å²) in [6.07, 6.45) is 4.06. The van der Waals surface area contributed by atoms with Gasteiger partial charge in [0.05, 0.1) is 31.6 Å². The first-order valence-corrected chi connectivity index (χ1v) is 9.71. The molecule has 0 spiro atoms. The SMILES string of the molecule is CN(C)C(=O)CN1CCC(c2nc3ccc(N4CCOCC4)cn3n2)CC1. The molecule has 4 rings (SSSR count). The van der Waals surface area contributed by atoms with E-state index in [-0.39, 0.29) is 5.91 Å². The number of morpholine rings is 1. The van der Waals surface area contributed by atoms with Crippen LogP contribution in [0.5, 0.6) is 0 Å². The maximum atomic E-state index is 11.9. The number of rotatable bonds is 4. The van der Waals surface area contributed by atoms with E-state index in [1.54, 1.807) is 19.0 Å². The number of pyridine rings is 1. The molecule has 2 saturated heterocycles. The maximum Gasteiger partial charge on any atom is 0.236 e. The highest BCUT2D eigenvalue weighted by Crippen LogP contribution is 2.26. The molecule has 0 aliphatic carbocycles. The molecule has 2 aromatic heterocycles. The molecule has 2 aliphatic rings. The van der Waals surface area contributed by atoms with Gasteiger partial charge in [0, 0.05) is 33.1 Å². The maximum absolute atomic E-state index is 11.9. The average molecular weight is 372 g/mol. The number of hydrogen-bond donors (Lipinski definition) is 0. The van der Waals surface area contributed by atoms with Crippen LogP contribution in [0.1, 0.15) is 24.6 Å². The number of carbonyl (C=O) groups is 1. The van der Waals surface area contributed by atoms with Crippen LogP contribution in [-0.2, 0) is 9.53 Å². The zero-order valence-corrected chi connectivity index (χ0v) is 16.2. The van der Waals surface area contributed by atoms with Crippen molar-refractivity contribution in [3.8, 4) is 0 Å². The van der Waals surface area contributed by atoms with Crippen LogP contribution in [0.25, 0.3) is 5.65 Å². The van der Waals surface area contributed by atoms with E-state index in [0.717, 1.165) is 63.7 Å². The molecule has 2 fully saturated rings. The molecule has 4 heterocycles. The molecule has 8 nitrogen and oxygen atoms in total. The lowest BCUT2D eigenvalue weighted by Gasteiger charge is -2.30. The molecule has 8 heteroatoms. The van der Waals surface area contributed by atoms with E-state index in [9.17, 15) is 4.79 Å². The van der Waals surface area contributed by atoms with Crippen LogP contribution in [0.15, 0.2) is 18.3 Å². The van der Waals surface area contributed by atoms with E-state index in [1.807, 2.05) is 10.6 Å². The minimum Gasteiger partial charge on any atom is -0.378 e. The number of ether oxygens (including phenoxy) is 1. The molecule has 0 bridgehead atoms. The molecule has 146 valence electrons. The number of hydrogen-bond acceptors (Lipinski definition) is 6. The molecule has 1 amide bonds. The Kier molecular flexibility index (Phi) is 5.27. The summed E-state index contributed by atoms with van der Waals surface area (Å²) >= 11 is 0. The summed E-state index contributed by atoms with van der Waals surface area (Å²) in [5.41, 5.74) is 2.06. The van der Waals surface area contributed by atoms with Gasteiger partial charge in [-0.15, -0.1) is 0 Å². The van der Waals surface area contributed by atoms with Gasteiger partial charge in [-0.25, -0.2) is 9.50 Å². The van der Waals surface area contributed by atoms with Crippen LogP contribution in [0, 0.1) is 0 Å². The summed E-state index contributed by atoms with van der Waals surface area (Å²) in [5.74, 6) is 1.45. The van der Waals surface area contributed by atoms with E-state index in [2.05, 4.69) is 22.1 Å². The van der Waals surface area contributed by atoms with Crippen molar-refractivity contribution in [2.24, 2.45) is 0 Å². The van der Waals surface area contributed by atoms with Crippen molar-refractivity contribution in [3.63, 3.8) is 0 Å². The fraction of sp³-hybridized carbons (Fsp3) is 0.632. The zero-order valence-electron chi connectivity index (χ0n) is 16.2. The Balaban J connectivity index is 1.41. The van der Waals surface area contributed by atoms with Crippen LogP contribution >= 0.6 is 0 Å². The number of fused-ring (bicyclic) bond motifs is 1. The van der Waals surface area contributed by atoms with Gasteiger partial charge < -0.3 is 14.5 Å². The smallest absolute Gasteiger partial charge is 0.236 e. The van der Waals surface area contributed by atoms with Gasteiger partial charge >= 0.3 is 0 Å². The topological polar surface area (TPSA) is 66.2 Å². The van der Waals surface area contributed by atoms with E-state index in [4.69, 9.17) is 14.8 Å². The standard InChI is InChI=1S/C19H28N6O2/c1-22(2)18(26)14-23-7-5-15(6-8-23)19-20-17-4-3-16(13-25(17)21-19)24-9-11-27-12-10-24/h3-4,13,15H,5-12,14H2,1-2H3. The number of amides is 1. The largest absolute Gasteiger partial charge is 0.378 e. The normalized spacial score (nSPS) is 19.6. The lowest BCUT2D eigenvalue weighted by atomic mass is 9.96. The number of anilines is 1. The van der Waals surface area contributed by atoms with Crippen LogP contribution in [0.3, 0.4) is 0 Å². The minimum absolute atomic E-state index is 0.162. The first kappa shape index (κ1) is 18.2. The second-order valence-corrected chi connectivity index (χ2v) is 7.60. The lowest BCUT2D eigenvalue weighted by molar-refractivity contribution is -0.130. The van der Waals surface area contributed by atoms with Crippen molar-refractivity contribution < 1.29 is 9.53 Å². The molecule has 0 N–H and O–H groups in total. The molecule has 0 unspecified atom stereocenters.